The molecule has 2 unspecified atom stereocenters. The van der Waals surface area contributed by atoms with Crippen molar-refractivity contribution in [3.8, 4) is 0 Å². The number of aryl methyl sites for hydroxylation is 1. The lowest BCUT2D eigenvalue weighted by Gasteiger charge is -2.35. The molecule has 0 aliphatic carbocycles. The Hall–Kier alpha value is -2.57. The van der Waals surface area contributed by atoms with Crippen LogP contribution >= 0.6 is 0 Å². The van der Waals surface area contributed by atoms with Crippen LogP contribution in [-0.4, -0.2) is 53.6 Å². The SMILES string of the molecule is Cc1ccc(N2CCCC(NC(=O)N3CCCC(C(=O)O)C3)C2=O)cc1. The average molecular weight is 359 g/mol. The highest BCUT2D eigenvalue weighted by molar-refractivity contribution is 5.99. The molecule has 26 heavy (non-hydrogen) atoms. The number of nitrogens with zero attached hydrogens (tertiary/aromatic N) is 2. The third-order valence-electron chi connectivity index (χ3n) is 5.14. The second-order valence-electron chi connectivity index (χ2n) is 7.09. The third kappa shape index (κ3) is 3.98. The van der Waals surface area contributed by atoms with Crippen molar-refractivity contribution in [2.24, 2.45) is 5.92 Å². The maximum atomic E-state index is 12.8. The number of amides is 3. The summed E-state index contributed by atoms with van der Waals surface area (Å²) in [7, 11) is 0. The first kappa shape index (κ1) is 18.2. The Bertz CT molecular complexity index is 689. The van der Waals surface area contributed by atoms with Crippen molar-refractivity contribution >= 4 is 23.6 Å². The fraction of sp³-hybridized carbons (Fsp3) is 0.526. The van der Waals surface area contributed by atoms with E-state index in [0.717, 1.165) is 17.7 Å². The van der Waals surface area contributed by atoms with E-state index in [2.05, 4.69) is 5.32 Å². The van der Waals surface area contributed by atoms with Crippen molar-refractivity contribution in [1.29, 1.82) is 0 Å². The maximum Gasteiger partial charge on any atom is 0.318 e. The number of aliphatic carboxylic acids is 1. The number of hydrogen-bond donors (Lipinski definition) is 2. The van der Waals surface area contributed by atoms with Gasteiger partial charge in [0, 0.05) is 25.3 Å². The molecule has 1 aromatic carbocycles. The monoisotopic (exact) mass is 359 g/mol. The molecule has 2 saturated heterocycles. The molecular weight excluding hydrogens is 334 g/mol. The first-order valence-corrected chi connectivity index (χ1v) is 9.12. The summed E-state index contributed by atoms with van der Waals surface area (Å²) in [6.45, 7) is 3.36. The fourth-order valence-electron chi connectivity index (χ4n) is 3.59. The number of urea groups is 1. The highest BCUT2D eigenvalue weighted by Crippen LogP contribution is 2.22. The van der Waals surface area contributed by atoms with Crippen molar-refractivity contribution in [2.75, 3.05) is 24.5 Å². The third-order valence-corrected chi connectivity index (χ3v) is 5.14. The maximum absolute atomic E-state index is 12.8. The number of benzene rings is 1. The summed E-state index contributed by atoms with van der Waals surface area (Å²) >= 11 is 0. The largest absolute Gasteiger partial charge is 0.481 e. The number of hydrogen-bond acceptors (Lipinski definition) is 3. The van der Waals surface area contributed by atoms with Crippen molar-refractivity contribution in [3.63, 3.8) is 0 Å². The van der Waals surface area contributed by atoms with Gasteiger partial charge in [-0.25, -0.2) is 4.79 Å². The van der Waals surface area contributed by atoms with Crippen molar-refractivity contribution in [3.05, 3.63) is 29.8 Å². The van der Waals surface area contributed by atoms with E-state index in [-0.39, 0.29) is 18.5 Å². The van der Waals surface area contributed by atoms with Gasteiger partial charge in [-0.15, -0.1) is 0 Å². The van der Waals surface area contributed by atoms with Crippen molar-refractivity contribution in [2.45, 2.75) is 38.6 Å². The van der Waals surface area contributed by atoms with E-state index in [1.54, 1.807) is 4.90 Å². The molecule has 7 nitrogen and oxygen atoms in total. The standard InChI is InChI=1S/C19H25N3O4/c1-13-6-8-15(9-7-13)22-11-3-5-16(17(22)23)20-19(26)21-10-2-4-14(12-21)18(24)25/h6-9,14,16H,2-5,10-12H2,1H3,(H,20,26)(H,24,25). The highest BCUT2D eigenvalue weighted by Gasteiger charge is 2.34. The highest BCUT2D eigenvalue weighted by atomic mass is 16.4. The quantitative estimate of drug-likeness (QED) is 0.864. The molecule has 1 aromatic rings. The Labute approximate surface area is 153 Å². The van der Waals surface area contributed by atoms with E-state index in [9.17, 15) is 14.4 Å². The predicted molar refractivity (Wildman–Crippen MR) is 97.0 cm³/mol. The molecule has 3 amide bonds. The molecule has 140 valence electrons. The lowest BCUT2D eigenvalue weighted by molar-refractivity contribution is -0.143. The van der Waals surface area contributed by atoms with Crippen LogP contribution in [0.3, 0.4) is 0 Å². The smallest absolute Gasteiger partial charge is 0.318 e. The topological polar surface area (TPSA) is 90.0 Å². The molecule has 0 bridgehead atoms. The van der Waals surface area contributed by atoms with Gasteiger partial charge in [0.05, 0.1) is 5.92 Å². The molecule has 2 aliphatic heterocycles. The summed E-state index contributed by atoms with van der Waals surface area (Å²) in [4.78, 5) is 39.7. The van der Waals surface area contributed by atoms with Crippen LogP contribution in [0.25, 0.3) is 0 Å². The Morgan fingerprint density at radius 3 is 2.50 bits per heavy atom. The zero-order chi connectivity index (χ0) is 18.7. The lowest BCUT2D eigenvalue weighted by Crippen LogP contribution is -2.56. The number of piperidine rings is 2. The number of anilines is 1. The van der Waals surface area contributed by atoms with Gasteiger partial charge in [-0.1, -0.05) is 17.7 Å². The second-order valence-corrected chi connectivity index (χ2v) is 7.09. The Balaban J connectivity index is 1.63. The fourth-order valence-corrected chi connectivity index (χ4v) is 3.59. The van der Waals surface area contributed by atoms with Crippen LogP contribution in [0.4, 0.5) is 10.5 Å². The van der Waals surface area contributed by atoms with Crippen LogP contribution in [0, 0.1) is 12.8 Å². The number of nitrogens with one attached hydrogen (secondary N) is 1. The van der Waals surface area contributed by atoms with Crippen LogP contribution in [-0.2, 0) is 9.59 Å². The molecule has 0 radical (unpaired) electrons. The van der Waals surface area contributed by atoms with E-state index < -0.39 is 17.9 Å². The number of rotatable bonds is 3. The summed E-state index contributed by atoms with van der Waals surface area (Å²) in [5, 5.41) is 12.0. The summed E-state index contributed by atoms with van der Waals surface area (Å²) in [6.07, 6.45) is 2.66. The molecule has 0 aromatic heterocycles. The number of carboxylic acids is 1. The van der Waals surface area contributed by atoms with Crippen molar-refractivity contribution in [1.82, 2.24) is 10.2 Å². The van der Waals surface area contributed by atoms with E-state index in [1.165, 1.54) is 4.90 Å². The molecule has 2 N–H and O–H groups in total. The summed E-state index contributed by atoms with van der Waals surface area (Å²) < 4.78 is 0. The van der Waals surface area contributed by atoms with Crippen LogP contribution < -0.4 is 10.2 Å². The molecule has 3 rings (SSSR count). The lowest BCUT2D eigenvalue weighted by atomic mass is 9.98. The molecule has 2 aliphatic rings. The first-order valence-electron chi connectivity index (χ1n) is 9.12. The van der Waals surface area contributed by atoms with Gasteiger partial charge in [-0.2, -0.15) is 0 Å². The van der Waals surface area contributed by atoms with Gasteiger partial charge in [0.1, 0.15) is 6.04 Å². The van der Waals surface area contributed by atoms with Gasteiger partial charge >= 0.3 is 12.0 Å². The number of carbonyl (C=O) groups excluding carboxylic acids is 2. The molecule has 2 fully saturated rings. The Morgan fingerprint density at radius 1 is 1.12 bits per heavy atom. The van der Waals surface area contributed by atoms with Crippen LogP contribution in [0.1, 0.15) is 31.2 Å². The van der Waals surface area contributed by atoms with Gasteiger partial charge in [0.25, 0.3) is 0 Å². The van der Waals surface area contributed by atoms with Crippen LogP contribution in [0.2, 0.25) is 0 Å². The van der Waals surface area contributed by atoms with E-state index in [1.807, 2.05) is 31.2 Å². The molecule has 2 heterocycles. The van der Waals surface area contributed by atoms with E-state index >= 15 is 0 Å². The Kier molecular flexibility index (Phi) is 5.44. The van der Waals surface area contributed by atoms with Crippen molar-refractivity contribution < 1.29 is 19.5 Å². The first-order chi connectivity index (χ1) is 12.5. The van der Waals surface area contributed by atoms with Gasteiger partial charge in [-0.3, -0.25) is 9.59 Å². The summed E-state index contributed by atoms with van der Waals surface area (Å²) in [5.74, 6) is -1.51. The second kappa shape index (κ2) is 7.76. The number of carbonyl (C=O) groups is 3. The van der Waals surface area contributed by atoms with Gasteiger partial charge in [-0.05, 0) is 44.7 Å². The minimum absolute atomic E-state index is 0.111. The number of carboxylic acid groups (broad SMARTS) is 1. The normalized spacial score (nSPS) is 23.7. The molecular formula is C19H25N3O4. The number of likely N-dealkylation sites (tertiary alicyclic amines) is 1. The van der Waals surface area contributed by atoms with Gasteiger partial charge in [0.15, 0.2) is 0 Å². The molecule has 0 saturated carbocycles. The van der Waals surface area contributed by atoms with Gasteiger partial charge in [0.2, 0.25) is 5.91 Å². The average Bonchev–Trinajstić information content (AvgIpc) is 2.64. The summed E-state index contributed by atoms with van der Waals surface area (Å²) in [5.41, 5.74) is 1.96. The zero-order valence-electron chi connectivity index (χ0n) is 15.0. The minimum Gasteiger partial charge on any atom is -0.481 e. The Morgan fingerprint density at radius 2 is 1.81 bits per heavy atom. The van der Waals surface area contributed by atoms with E-state index in [0.29, 0.717) is 32.4 Å². The molecule has 7 heteroatoms. The predicted octanol–water partition coefficient (Wildman–Crippen LogP) is 2.00. The molecule has 0 spiro atoms. The van der Waals surface area contributed by atoms with Crippen LogP contribution in [0.5, 0.6) is 0 Å². The van der Waals surface area contributed by atoms with Crippen LogP contribution in [0.15, 0.2) is 24.3 Å². The zero-order valence-corrected chi connectivity index (χ0v) is 15.0. The van der Waals surface area contributed by atoms with Gasteiger partial charge < -0.3 is 20.2 Å². The molecule has 2 atom stereocenters. The minimum atomic E-state index is -0.873. The summed E-state index contributed by atoms with van der Waals surface area (Å²) in [6, 6.07) is 6.84. The van der Waals surface area contributed by atoms with E-state index in [4.69, 9.17) is 5.11 Å².